The highest BCUT2D eigenvalue weighted by Crippen LogP contribution is 2.32. The summed E-state index contributed by atoms with van der Waals surface area (Å²) in [5, 5.41) is 8.72. The molecule has 90 valence electrons. The molecule has 0 bridgehead atoms. The molecule has 3 nitrogen and oxygen atoms in total. The van der Waals surface area contributed by atoms with E-state index in [2.05, 4.69) is 0 Å². The monoisotopic (exact) mass is 226 g/mol. The number of alkyl halides is 3. The van der Waals surface area contributed by atoms with Crippen LogP contribution in [-0.2, 0) is 0 Å². The molecule has 2 atom stereocenters. The maximum absolute atomic E-state index is 12.4. The van der Waals surface area contributed by atoms with E-state index in [1.165, 1.54) is 0 Å². The van der Waals surface area contributed by atoms with Crippen LogP contribution in [0.2, 0.25) is 0 Å². The summed E-state index contributed by atoms with van der Waals surface area (Å²) in [5.74, 6) is -1.24. The van der Waals surface area contributed by atoms with Crippen LogP contribution in [0, 0.1) is 5.92 Å². The standard InChI is InChI=1S/C9H17F3N2O/c10-9(11,12)7-2-1-3-14(4-7)5-8(13)6-15/h7-8,15H,1-6,13H2. The van der Waals surface area contributed by atoms with E-state index >= 15 is 0 Å². The molecular formula is C9H17F3N2O. The van der Waals surface area contributed by atoms with Crippen LogP contribution in [0.5, 0.6) is 0 Å². The summed E-state index contributed by atoms with van der Waals surface area (Å²) in [7, 11) is 0. The highest BCUT2D eigenvalue weighted by atomic mass is 19.4. The van der Waals surface area contributed by atoms with Gasteiger partial charge in [-0.2, -0.15) is 13.2 Å². The van der Waals surface area contributed by atoms with Crippen LogP contribution in [0.1, 0.15) is 12.8 Å². The molecule has 0 aromatic heterocycles. The second-order valence-electron chi connectivity index (χ2n) is 4.08. The summed E-state index contributed by atoms with van der Waals surface area (Å²) < 4.78 is 37.3. The van der Waals surface area contributed by atoms with Crippen molar-refractivity contribution in [2.45, 2.75) is 25.1 Å². The maximum Gasteiger partial charge on any atom is 0.393 e. The minimum Gasteiger partial charge on any atom is -0.395 e. The third kappa shape index (κ3) is 3.96. The normalized spacial score (nSPS) is 26.6. The Morgan fingerprint density at radius 2 is 2.13 bits per heavy atom. The molecule has 1 saturated heterocycles. The van der Waals surface area contributed by atoms with Crippen molar-refractivity contribution in [3.63, 3.8) is 0 Å². The van der Waals surface area contributed by atoms with Crippen LogP contribution < -0.4 is 5.73 Å². The summed E-state index contributed by atoms with van der Waals surface area (Å²) in [6, 6.07) is -0.447. The van der Waals surface area contributed by atoms with Crippen molar-refractivity contribution >= 4 is 0 Å². The molecule has 1 rings (SSSR count). The van der Waals surface area contributed by atoms with Crippen LogP contribution in [-0.4, -0.2) is 48.5 Å². The van der Waals surface area contributed by atoms with Gasteiger partial charge in [0.2, 0.25) is 0 Å². The third-order valence-corrected chi connectivity index (χ3v) is 2.70. The van der Waals surface area contributed by atoms with E-state index in [1.54, 1.807) is 4.90 Å². The van der Waals surface area contributed by atoms with Crippen LogP contribution in [0.25, 0.3) is 0 Å². The average Bonchev–Trinajstić information content (AvgIpc) is 2.17. The highest BCUT2D eigenvalue weighted by molar-refractivity contribution is 4.79. The number of aliphatic hydroxyl groups excluding tert-OH is 1. The molecule has 1 aliphatic rings. The fourth-order valence-electron chi connectivity index (χ4n) is 1.88. The first-order valence-electron chi connectivity index (χ1n) is 5.09. The van der Waals surface area contributed by atoms with Gasteiger partial charge in [-0.05, 0) is 19.4 Å². The zero-order valence-corrected chi connectivity index (χ0v) is 8.50. The number of hydrogen-bond donors (Lipinski definition) is 2. The number of hydrogen-bond acceptors (Lipinski definition) is 3. The van der Waals surface area contributed by atoms with Gasteiger partial charge < -0.3 is 15.7 Å². The number of nitrogens with two attached hydrogens (primary N) is 1. The average molecular weight is 226 g/mol. The predicted molar refractivity (Wildman–Crippen MR) is 50.3 cm³/mol. The zero-order chi connectivity index (χ0) is 11.5. The molecule has 6 heteroatoms. The third-order valence-electron chi connectivity index (χ3n) is 2.70. The topological polar surface area (TPSA) is 49.5 Å². The van der Waals surface area contributed by atoms with E-state index in [0.717, 1.165) is 0 Å². The van der Waals surface area contributed by atoms with E-state index in [-0.39, 0.29) is 19.6 Å². The first-order valence-corrected chi connectivity index (χ1v) is 5.09. The van der Waals surface area contributed by atoms with Crippen LogP contribution in [0.3, 0.4) is 0 Å². The molecule has 0 aromatic carbocycles. The minimum absolute atomic E-state index is 0.0111. The number of aliphatic hydroxyl groups is 1. The van der Waals surface area contributed by atoms with Gasteiger partial charge in [0.25, 0.3) is 0 Å². The Kier molecular flexibility index (Phi) is 4.36. The fraction of sp³-hybridized carbons (Fsp3) is 1.00. The molecular weight excluding hydrogens is 209 g/mol. The van der Waals surface area contributed by atoms with Gasteiger partial charge in [-0.1, -0.05) is 0 Å². The molecule has 0 amide bonds. The van der Waals surface area contributed by atoms with Gasteiger partial charge in [-0.15, -0.1) is 0 Å². The number of piperidine rings is 1. The Labute approximate surface area is 87.0 Å². The van der Waals surface area contributed by atoms with Gasteiger partial charge in [0.15, 0.2) is 0 Å². The molecule has 3 N–H and O–H groups in total. The van der Waals surface area contributed by atoms with E-state index in [1.807, 2.05) is 0 Å². The summed E-state index contributed by atoms with van der Waals surface area (Å²) in [6.07, 6.45) is -3.36. The van der Waals surface area contributed by atoms with Crippen LogP contribution in [0.15, 0.2) is 0 Å². The Balaban J connectivity index is 2.42. The lowest BCUT2D eigenvalue weighted by atomic mass is 9.97. The number of rotatable bonds is 3. The van der Waals surface area contributed by atoms with Crippen molar-refractivity contribution in [2.75, 3.05) is 26.2 Å². The Hall–Kier alpha value is -0.330. The maximum atomic E-state index is 12.4. The lowest BCUT2D eigenvalue weighted by Gasteiger charge is -2.34. The summed E-state index contributed by atoms with van der Waals surface area (Å²) in [4.78, 5) is 1.68. The fourth-order valence-corrected chi connectivity index (χ4v) is 1.88. The molecule has 15 heavy (non-hydrogen) atoms. The van der Waals surface area contributed by atoms with Gasteiger partial charge >= 0.3 is 6.18 Å². The van der Waals surface area contributed by atoms with Gasteiger partial charge in [0.1, 0.15) is 0 Å². The Morgan fingerprint density at radius 3 is 2.67 bits per heavy atom. The molecule has 2 unspecified atom stereocenters. The first-order chi connectivity index (χ1) is 6.93. The molecule has 1 heterocycles. The van der Waals surface area contributed by atoms with Gasteiger partial charge in [-0.25, -0.2) is 0 Å². The lowest BCUT2D eigenvalue weighted by molar-refractivity contribution is -0.186. The molecule has 0 aliphatic carbocycles. The van der Waals surface area contributed by atoms with Crippen molar-refractivity contribution in [1.29, 1.82) is 0 Å². The summed E-state index contributed by atoms with van der Waals surface area (Å²) in [5.41, 5.74) is 5.49. The quantitative estimate of drug-likeness (QED) is 0.740. The molecule has 0 radical (unpaired) electrons. The van der Waals surface area contributed by atoms with Crippen molar-refractivity contribution in [2.24, 2.45) is 11.7 Å². The van der Waals surface area contributed by atoms with Crippen molar-refractivity contribution in [3.8, 4) is 0 Å². The molecule has 0 spiro atoms. The Bertz CT molecular complexity index is 198. The smallest absolute Gasteiger partial charge is 0.393 e. The van der Waals surface area contributed by atoms with Crippen LogP contribution >= 0.6 is 0 Å². The second kappa shape index (κ2) is 5.14. The van der Waals surface area contributed by atoms with Crippen molar-refractivity contribution < 1.29 is 18.3 Å². The molecule has 1 fully saturated rings. The van der Waals surface area contributed by atoms with E-state index in [0.29, 0.717) is 19.5 Å². The molecule has 1 aliphatic heterocycles. The number of halogens is 3. The second-order valence-corrected chi connectivity index (χ2v) is 4.08. The van der Waals surface area contributed by atoms with Gasteiger partial charge in [-0.3, -0.25) is 0 Å². The first kappa shape index (κ1) is 12.7. The predicted octanol–water partition coefficient (Wildman–Crippen LogP) is 0.580. The summed E-state index contributed by atoms with van der Waals surface area (Å²) >= 11 is 0. The highest BCUT2D eigenvalue weighted by Gasteiger charge is 2.41. The van der Waals surface area contributed by atoms with E-state index in [9.17, 15) is 13.2 Å². The Morgan fingerprint density at radius 1 is 1.47 bits per heavy atom. The lowest BCUT2D eigenvalue weighted by Crippen LogP contribution is -2.47. The van der Waals surface area contributed by atoms with E-state index in [4.69, 9.17) is 10.8 Å². The molecule has 0 aromatic rings. The minimum atomic E-state index is -4.11. The van der Waals surface area contributed by atoms with E-state index < -0.39 is 18.1 Å². The van der Waals surface area contributed by atoms with Gasteiger partial charge in [0.05, 0.1) is 12.5 Å². The number of nitrogens with zero attached hydrogens (tertiary/aromatic N) is 1. The zero-order valence-electron chi connectivity index (χ0n) is 8.50. The summed E-state index contributed by atoms with van der Waals surface area (Å²) in [6.45, 7) is 0.799. The number of likely N-dealkylation sites (tertiary alicyclic amines) is 1. The van der Waals surface area contributed by atoms with Gasteiger partial charge in [0, 0.05) is 19.1 Å². The largest absolute Gasteiger partial charge is 0.395 e. The SMILES string of the molecule is NC(CO)CN1CCCC(C(F)(F)F)C1. The van der Waals surface area contributed by atoms with Crippen molar-refractivity contribution in [1.82, 2.24) is 4.90 Å². The van der Waals surface area contributed by atoms with Crippen LogP contribution in [0.4, 0.5) is 13.2 Å². The van der Waals surface area contributed by atoms with Crippen molar-refractivity contribution in [3.05, 3.63) is 0 Å². The molecule has 0 saturated carbocycles.